The number of halogens is 1. The highest BCUT2D eigenvalue weighted by atomic mass is 19.1. The first-order valence-corrected chi connectivity index (χ1v) is 26.8. The SMILES string of the molecule is Fc1ccccc1-c1nc(-c2cc(-n3c4ccccc4c4cc(-n5c6ccccc6c6ccccc65)ccc43)cc(-n3c4ccccc4c4cc(-n5c6ccccc6c6ccccc65)ccc43)c2)c2ccc3ccccc3c2n1. The Kier molecular flexibility index (Phi) is 9.21. The molecule has 0 saturated heterocycles. The third kappa shape index (κ3) is 6.38. The second kappa shape index (κ2) is 16.7. The van der Waals surface area contributed by atoms with Gasteiger partial charge in [-0.2, -0.15) is 0 Å². The van der Waals surface area contributed by atoms with Crippen molar-refractivity contribution in [2.45, 2.75) is 0 Å². The first-order chi connectivity index (χ1) is 39.1. The second-order valence-corrected chi connectivity index (χ2v) is 20.6. The summed E-state index contributed by atoms with van der Waals surface area (Å²) in [5.74, 6) is -0.0496. The van der Waals surface area contributed by atoms with Crippen molar-refractivity contribution in [1.29, 1.82) is 0 Å². The zero-order valence-corrected chi connectivity index (χ0v) is 42.4. The Labute approximate surface area is 451 Å². The molecule has 0 spiro atoms. The van der Waals surface area contributed by atoms with Gasteiger partial charge < -0.3 is 18.3 Å². The van der Waals surface area contributed by atoms with Crippen molar-refractivity contribution in [2.24, 2.45) is 0 Å². The monoisotopic (exact) mass is 1010 g/mol. The lowest BCUT2D eigenvalue weighted by atomic mass is 10.00. The van der Waals surface area contributed by atoms with Crippen LogP contribution >= 0.6 is 0 Å². The summed E-state index contributed by atoms with van der Waals surface area (Å²) in [5.41, 5.74) is 15.7. The van der Waals surface area contributed by atoms with Crippen LogP contribution in [-0.4, -0.2) is 28.2 Å². The summed E-state index contributed by atoms with van der Waals surface area (Å²) in [6.45, 7) is 0. The molecule has 0 unspecified atom stereocenters. The highest BCUT2D eigenvalue weighted by molar-refractivity contribution is 6.15. The number of para-hydroxylation sites is 6. The van der Waals surface area contributed by atoms with E-state index in [9.17, 15) is 0 Å². The molecule has 0 N–H and O–H groups in total. The van der Waals surface area contributed by atoms with Gasteiger partial charge in [-0.05, 0) is 115 Å². The fraction of sp³-hybridized carbons (Fsp3) is 0. The first kappa shape index (κ1) is 43.6. The van der Waals surface area contributed by atoms with Crippen molar-refractivity contribution in [2.75, 3.05) is 0 Å². The second-order valence-electron chi connectivity index (χ2n) is 20.6. The molecule has 6 nitrogen and oxygen atoms in total. The van der Waals surface area contributed by atoms with E-state index in [0.29, 0.717) is 17.1 Å². The van der Waals surface area contributed by atoms with Gasteiger partial charge in [0.15, 0.2) is 5.82 Å². The smallest absolute Gasteiger partial charge is 0.163 e. The zero-order valence-electron chi connectivity index (χ0n) is 42.4. The summed E-state index contributed by atoms with van der Waals surface area (Å²) in [6, 6.07) is 92.1. The van der Waals surface area contributed by atoms with Crippen LogP contribution < -0.4 is 0 Å². The van der Waals surface area contributed by atoms with E-state index in [-0.39, 0.29) is 5.82 Å². The van der Waals surface area contributed by atoms with Gasteiger partial charge in [0, 0.05) is 82.2 Å². The molecule has 7 heteroatoms. The fourth-order valence-corrected chi connectivity index (χ4v) is 13.0. The molecule has 17 rings (SSSR count). The zero-order chi connectivity index (χ0) is 51.9. The van der Waals surface area contributed by atoms with Crippen LogP contribution in [0, 0.1) is 5.82 Å². The van der Waals surface area contributed by atoms with Crippen molar-refractivity contribution in [1.82, 2.24) is 28.2 Å². The van der Waals surface area contributed by atoms with Crippen molar-refractivity contribution in [3.05, 3.63) is 267 Å². The van der Waals surface area contributed by atoms with Crippen molar-refractivity contribution < 1.29 is 4.39 Å². The van der Waals surface area contributed by atoms with Gasteiger partial charge in [0.1, 0.15) is 5.82 Å². The maximum atomic E-state index is 16.1. The standard InChI is InChI=1S/C72H43FN6/c73-61-26-10-3-25-57(61)72-74-70(58-36-33-44-17-1-2-18-50(44)71(58)75-72)45-39-48(78-66-31-15-8-23-55(66)59-42-46(34-37-68(59)78)76-62-27-11-4-19-51(62)52-20-5-12-28-63(52)76)41-49(40-45)79-67-32-16-9-24-56(67)60-43-47(35-38-69(60)79)77-64-29-13-6-21-53(64)54-22-7-14-30-65(54)77/h1-43H. The van der Waals surface area contributed by atoms with E-state index >= 15 is 4.39 Å². The van der Waals surface area contributed by atoms with Crippen LogP contribution in [0.25, 0.3) is 154 Å². The minimum atomic E-state index is -0.376. The van der Waals surface area contributed by atoms with E-state index in [1.54, 1.807) is 12.1 Å². The van der Waals surface area contributed by atoms with Crippen LogP contribution in [-0.2, 0) is 0 Å². The molecule has 0 bridgehead atoms. The van der Waals surface area contributed by atoms with E-state index in [1.165, 1.54) is 27.6 Å². The fourth-order valence-electron chi connectivity index (χ4n) is 13.0. The molecule has 79 heavy (non-hydrogen) atoms. The molecule has 5 heterocycles. The Morgan fingerprint density at radius 1 is 0.266 bits per heavy atom. The first-order valence-electron chi connectivity index (χ1n) is 26.8. The normalized spacial score (nSPS) is 12.1. The predicted molar refractivity (Wildman–Crippen MR) is 325 cm³/mol. The lowest BCUT2D eigenvalue weighted by Gasteiger charge is -2.17. The number of fused-ring (bicyclic) bond motifs is 15. The topological polar surface area (TPSA) is 45.5 Å². The summed E-state index contributed by atoms with van der Waals surface area (Å²) in [6.07, 6.45) is 0. The maximum Gasteiger partial charge on any atom is 0.163 e. The number of hydrogen-bond acceptors (Lipinski definition) is 2. The van der Waals surface area contributed by atoms with Gasteiger partial charge in [0.25, 0.3) is 0 Å². The van der Waals surface area contributed by atoms with Gasteiger partial charge in [-0.25, -0.2) is 14.4 Å². The average Bonchev–Trinajstić information content (AvgIpc) is 4.37. The number of nitrogens with zero attached hydrogens (tertiary/aromatic N) is 6. The highest BCUT2D eigenvalue weighted by Crippen LogP contribution is 2.43. The van der Waals surface area contributed by atoms with Gasteiger partial charge in [0.2, 0.25) is 0 Å². The summed E-state index contributed by atoms with van der Waals surface area (Å²) >= 11 is 0. The molecule has 0 aliphatic rings. The third-order valence-corrected chi connectivity index (χ3v) is 16.4. The summed E-state index contributed by atoms with van der Waals surface area (Å²) < 4.78 is 25.7. The molecule has 0 fully saturated rings. The Morgan fingerprint density at radius 2 is 0.646 bits per heavy atom. The summed E-state index contributed by atoms with van der Waals surface area (Å²) in [7, 11) is 0. The number of benzene rings is 12. The molecule has 0 radical (unpaired) electrons. The molecular weight excluding hydrogens is 968 g/mol. The van der Waals surface area contributed by atoms with Gasteiger partial charge in [-0.3, -0.25) is 0 Å². The molecule has 5 aromatic heterocycles. The molecule has 12 aromatic carbocycles. The van der Waals surface area contributed by atoms with E-state index in [0.717, 1.165) is 116 Å². The van der Waals surface area contributed by atoms with Crippen molar-refractivity contribution in [3.63, 3.8) is 0 Å². The lowest BCUT2D eigenvalue weighted by molar-refractivity contribution is 0.630. The minimum absolute atomic E-state index is 0.327. The van der Waals surface area contributed by atoms with Crippen LogP contribution in [0.5, 0.6) is 0 Å². The minimum Gasteiger partial charge on any atom is -0.309 e. The Bertz CT molecular complexity index is 5060. The molecule has 17 aromatic rings. The van der Waals surface area contributed by atoms with Gasteiger partial charge in [0.05, 0.1) is 60.9 Å². The molecule has 0 amide bonds. The third-order valence-electron chi connectivity index (χ3n) is 16.4. The van der Waals surface area contributed by atoms with Gasteiger partial charge >= 0.3 is 0 Å². The summed E-state index contributed by atoms with van der Waals surface area (Å²) in [5, 5.41) is 12.3. The van der Waals surface area contributed by atoms with E-state index in [1.807, 2.05) is 18.2 Å². The van der Waals surface area contributed by atoms with Gasteiger partial charge in [-0.1, -0.05) is 152 Å². The van der Waals surface area contributed by atoms with Gasteiger partial charge in [-0.15, -0.1) is 0 Å². The van der Waals surface area contributed by atoms with E-state index in [2.05, 4.69) is 243 Å². The number of rotatable bonds is 6. The number of hydrogen-bond donors (Lipinski definition) is 0. The molecule has 0 aliphatic carbocycles. The van der Waals surface area contributed by atoms with Crippen LogP contribution in [0.4, 0.5) is 4.39 Å². The Balaban J connectivity index is 0.960. The molecule has 0 saturated carbocycles. The molecule has 0 atom stereocenters. The van der Waals surface area contributed by atoms with Crippen LogP contribution in [0.15, 0.2) is 261 Å². The number of aromatic nitrogens is 6. The van der Waals surface area contributed by atoms with Crippen molar-refractivity contribution in [3.8, 4) is 45.4 Å². The van der Waals surface area contributed by atoms with E-state index < -0.39 is 0 Å². The predicted octanol–water partition coefficient (Wildman–Crippen LogP) is 18.6. The maximum absolute atomic E-state index is 16.1. The van der Waals surface area contributed by atoms with Crippen LogP contribution in [0.2, 0.25) is 0 Å². The highest BCUT2D eigenvalue weighted by Gasteiger charge is 2.23. The largest absolute Gasteiger partial charge is 0.309 e. The molecular formula is C72H43FN6. The van der Waals surface area contributed by atoms with Crippen LogP contribution in [0.3, 0.4) is 0 Å². The van der Waals surface area contributed by atoms with Crippen LogP contribution in [0.1, 0.15) is 0 Å². The quantitative estimate of drug-likeness (QED) is 0.156. The van der Waals surface area contributed by atoms with Crippen molar-refractivity contribution >= 4 is 109 Å². The Hall–Kier alpha value is -10.6. The lowest BCUT2D eigenvalue weighted by Crippen LogP contribution is -2.02. The average molecular weight is 1010 g/mol. The molecule has 0 aliphatic heterocycles. The van der Waals surface area contributed by atoms with E-state index in [4.69, 9.17) is 9.97 Å². The molecule has 368 valence electrons. The summed E-state index contributed by atoms with van der Waals surface area (Å²) in [4.78, 5) is 10.6. The Morgan fingerprint density at radius 3 is 1.11 bits per heavy atom.